The number of rotatable bonds is 6. The highest BCUT2D eigenvalue weighted by Crippen LogP contribution is 2.42. The van der Waals surface area contributed by atoms with E-state index in [1.807, 2.05) is 53.1 Å². The van der Waals surface area contributed by atoms with Crippen LogP contribution in [0, 0.1) is 0 Å². The predicted octanol–water partition coefficient (Wildman–Crippen LogP) is 4.35. The third-order valence-corrected chi connectivity index (χ3v) is 8.31. The average Bonchev–Trinajstić information content (AvgIpc) is 3.29. The van der Waals surface area contributed by atoms with Gasteiger partial charge in [-0.3, -0.25) is 9.36 Å². The topological polar surface area (TPSA) is 71.3 Å². The minimum Gasteiger partial charge on any atom is -0.497 e. The smallest absolute Gasteiger partial charge is 0.271 e. The van der Waals surface area contributed by atoms with Crippen LogP contribution in [0.15, 0.2) is 76.0 Å². The van der Waals surface area contributed by atoms with Crippen molar-refractivity contribution in [3.63, 3.8) is 0 Å². The lowest BCUT2D eigenvalue weighted by molar-refractivity contribution is 0.354. The maximum atomic E-state index is 14.1. The molecule has 0 spiro atoms. The van der Waals surface area contributed by atoms with Crippen LogP contribution in [0.2, 0.25) is 0 Å². The number of methoxy groups -OCH3 is 4. The molecule has 2 aliphatic rings. The largest absolute Gasteiger partial charge is 0.497 e. The summed E-state index contributed by atoms with van der Waals surface area (Å²) in [5.41, 5.74) is 6.12. The van der Waals surface area contributed by atoms with Crippen molar-refractivity contribution in [1.29, 1.82) is 0 Å². The molecule has 7 nitrogen and oxygen atoms in total. The number of nitrogens with zero attached hydrogens (tertiary/aromatic N) is 2. The van der Waals surface area contributed by atoms with E-state index in [0.717, 1.165) is 40.8 Å². The van der Waals surface area contributed by atoms with Crippen LogP contribution in [0.5, 0.6) is 23.0 Å². The van der Waals surface area contributed by atoms with E-state index < -0.39 is 0 Å². The van der Waals surface area contributed by atoms with Crippen molar-refractivity contribution in [2.75, 3.05) is 28.4 Å². The number of aromatic nitrogens is 1. The van der Waals surface area contributed by atoms with Crippen molar-refractivity contribution < 1.29 is 18.9 Å². The molecule has 6 rings (SSSR count). The zero-order valence-electron chi connectivity index (χ0n) is 22.2. The predicted molar refractivity (Wildman–Crippen MR) is 152 cm³/mol. The Labute approximate surface area is 229 Å². The van der Waals surface area contributed by atoms with Crippen LogP contribution in [-0.2, 0) is 6.42 Å². The fourth-order valence-corrected chi connectivity index (χ4v) is 6.42. The Morgan fingerprint density at radius 2 is 1.67 bits per heavy atom. The van der Waals surface area contributed by atoms with Gasteiger partial charge in [-0.25, -0.2) is 4.99 Å². The van der Waals surface area contributed by atoms with Gasteiger partial charge in [-0.05, 0) is 59.9 Å². The van der Waals surface area contributed by atoms with Crippen molar-refractivity contribution in [1.82, 2.24) is 4.57 Å². The summed E-state index contributed by atoms with van der Waals surface area (Å²) in [5, 5.41) is 0. The third-order valence-electron chi connectivity index (χ3n) is 7.32. The van der Waals surface area contributed by atoms with E-state index in [2.05, 4.69) is 18.2 Å². The quantitative estimate of drug-likeness (QED) is 0.364. The van der Waals surface area contributed by atoms with Crippen LogP contribution in [0.3, 0.4) is 0 Å². The first kappa shape index (κ1) is 25.0. The summed E-state index contributed by atoms with van der Waals surface area (Å²) in [7, 11) is 6.46. The Morgan fingerprint density at radius 1 is 0.872 bits per heavy atom. The normalized spacial score (nSPS) is 16.1. The molecule has 0 fully saturated rings. The lowest BCUT2D eigenvalue weighted by atomic mass is 9.83. The highest BCUT2D eigenvalue weighted by atomic mass is 32.1. The number of fused-ring (bicyclic) bond motifs is 3. The van der Waals surface area contributed by atoms with Gasteiger partial charge < -0.3 is 18.9 Å². The Kier molecular flexibility index (Phi) is 6.48. The van der Waals surface area contributed by atoms with Gasteiger partial charge in [0.1, 0.15) is 11.5 Å². The molecule has 1 aliphatic carbocycles. The molecule has 8 heteroatoms. The number of hydrogen-bond donors (Lipinski definition) is 0. The van der Waals surface area contributed by atoms with Crippen molar-refractivity contribution in [2.24, 2.45) is 4.99 Å². The minimum absolute atomic E-state index is 0.0955. The van der Waals surface area contributed by atoms with Crippen LogP contribution in [0.4, 0.5) is 0 Å². The first-order valence-corrected chi connectivity index (χ1v) is 13.4. The lowest BCUT2D eigenvalue weighted by Gasteiger charge is -2.31. The summed E-state index contributed by atoms with van der Waals surface area (Å²) < 4.78 is 24.4. The number of thiazole rings is 1. The second-order valence-electron chi connectivity index (χ2n) is 9.34. The Hall–Kier alpha value is -4.30. The summed E-state index contributed by atoms with van der Waals surface area (Å²) in [6.07, 6.45) is 3.57. The highest BCUT2D eigenvalue weighted by molar-refractivity contribution is 7.07. The van der Waals surface area contributed by atoms with E-state index in [4.69, 9.17) is 23.9 Å². The SMILES string of the molecule is COc1ccc(/C=c2/sc3n(c2=O)[C@H](c2ccc(OC)c(OC)c2)C2=C(N=3)c3ccccc3CC2)c(OC)c1. The highest BCUT2D eigenvalue weighted by Gasteiger charge is 2.33. The van der Waals surface area contributed by atoms with Gasteiger partial charge in [0.2, 0.25) is 0 Å². The molecule has 0 bridgehead atoms. The molecule has 1 aliphatic heterocycles. The van der Waals surface area contributed by atoms with Crippen LogP contribution >= 0.6 is 11.3 Å². The molecule has 4 aromatic rings. The van der Waals surface area contributed by atoms with E-state index in [-0.39, 0.29) is 11.6 Å². The Bertz CT molecular complexity index is 1800. The van der Waals surface area contributed by atoms with E-state index in [1.165, 1.54) is 16.9 Å². The number of hydrogen-bond acceptors (Lipinski definition) is 7. The van der Waals surface area contributed by atoms with Crippen molar-refractivity contribution in [3.8, 4) is 23.0 Å². The van der Waals surface area contributed by atoms with Gasteiger partial charge in [0.25, 0.3) is 5.56 Å². The van der Waals surface area contributed by atoms with Gasteiger partial charge in [0.15, 0.2) is 16.3 Å². The Balaban J connectivity index is 1.61. The monoisotopic (exact) mass is 540 g/mol. The molecular weight excluding hydrogens is 512 g/mol. The number of aryl methyl sites for hydroxylation is 1. The molecule has 0 saturated heterocycles. The summed E-state index contributed by atoms with van der Waals surface area (Å²) in [4.78, 5) is 19.8. The van der Waals surface area contributed by atoms with Crippen LogP contribution < -0.4 is 33.8 Å². The molecule has 39 heavy (non-hydrogen) atoms. The molecule has 0 N–H and O–H groups in total. The standard InChI is InChI=1S/C31H28N2O5S/c1-35-21-12-9-19(25(17-21)37-3)16-27-30(34)33-29(20-11-14-24(36-2)26(15-20)38-4)23-13-10-18-7-5-6-8-22(18)28(23)32-31(33)39-27/h5-9,11-12,14-17,29H,10,13H2,1-4H3/b27-16+/t29-/m1/s1. The van der Waals surface area contributed by atoms with Crippen molar-refractivity contribution in [2.45, 2.75) is 18.9 Å². The molecule has 0 saturated carbocycles. The van der Waals surface area contributed by atoms with E-state index in [0.29, 0.717) is 32.3 Å². The summed E-state index contributed by atoms with van der Waals surface area (Å²) in [5.74, 6) is 2.58. The molecular formula is C31H28N2O5S. The number of allylic oxidation sites excluding steroid dienone is 1. The molecule has 0 amide bonds. The molecule has 0 unspecified atom stereocenters. The maximum Gasteiger partial charge on any atom is 0.271 e. The lowest BCUT2D eigenvalue weighted by Crippen LogP contribution is -2.38. The summed E-state index contributed by atoms with van der Waals surface area (Å²) in [6, 6.07) is 19.5. The zero-order valence-corrected chi connectivity index (χ0v) is 23.0. The van der Waals surface area contributed by atoms with Crippen LogP contribution in [-0.4, -0.2) is 33.0 Å². The summed E-state index contributed by atoms with van der Waals surface area (Å²) >= 11 is 1.38. The second-order valence-corrected chi connectivity index (χ2v) is 10.3. The third kappa shape index (κ3) is 4.21. The van der Waals surface area contributed by atoms with E-state index >= 15 is 0 Å². The molecule has 0 radical (unpaired) electrons. The van der Waals surface area contributed by atoms with Gasteiger partial charge in [0, 0.05) is 17.2 Å². The van der Waals surface area contributed by atoms with Gasteiger partial charge in [-0.1, -0.05) is 41.7 Å². The minimum atomic E-state index is -0.315. The van der Waals surface area contributed by atoms with Gasteiger partial charge in [0.05, 0.1) is 44.7 Å². The zero-order chi connectivity index (χ0) is 27.1. The van der Waals surface area contributed by atoms with E-state index in [9.17, 15) is 4.79 Å². The first-order chi connectivity index (χ1) is 19.1. The molecule has 2 heterocycles. The van der Waals surface area contributed by atoms with Crippen LogP contribution in [0.25, 0.3) is 11.8 Å². The average molecular weight is 541 g/mol. The van der Waals surface area contributed by atoms with Crippen molar-refractivity contribution in [3.05, 3.63) is 108 Å². The molecule has 1 atom stereocenters. The number of benzene rings is 3. The maximum absolute atomic E-state index is 14.1. The molecule has 3 aromatic carbocycles. The Morgan fingerprint density at radius 3 is 2.44 bits per heavy atom. The van der Waals surface area contributed by atoms with Gasteiger partial charge >= 0.3 is 0 Å². The van der Waals surface area contributed by atoms with Crippen molar-refractivity contribution >= 4 is 23.1 Å². The molecule has 1 aromatic heterocycles. The fraction of sp³-hybridized carbons (Fsp3) is 0.226. The fourth-order valence-electron chi connectivity index (χ4n) is 5.42. The number of ether oxygens (including phenoxy) is 4. The van der Waals surface area contributed by atoms with E-state index in [1.54, 1.807) is 28.4 Å². The van der Waals surface area contributed by atoms with Gasteiger partial charge in [-0.2, -0.15) is 0 Å². The van der Waals surface area contributed by atoms with Crippen LogP contribution in [0.1, 0.15) is 34.7 Å². The first-order valence-electron chi connectivity index (χ1n) is 12.6. The summed E-state index contributed by atoms with van der Waals surface area (Å²) in [6.45, 7) is 0. The molecule has 198 valence electrons. The second kappa shape index (κ2) is 10.1. The van der Waals surface area contributed by atoms with Gasteiger partial charge in [-0.15, -0.1) is 0 Å².